The summed E-state index contributed by atoms with van der Waals surface area (Å²) in [6.07, 6.45) is 3.83. The molecule has 1 aromatic heterocycles. The van der Waals surface area contributed by atoms with E-state index in [-0.39, 0.29) is 0 Å². The third-order valence-electron chi connectivity index (χ3n) is 3.03. The van der Waals surface area contributed by atoms with Gasteiger partial charge in [0.1, 0.15) is 0 Å². The van der Waals surface area contributed by atoms with Crippen molar-refractivity contribution in [2.75, 3.05) is 6.54 Å². The molecule has 1 aliphatic carbocycles. The normalized spacial score (nSPS) is 26.9. The maximum absolute atomic E-state index is 6.00. The molecule has 0 bridgehead atoms. The molecule has 3 heteroatoms. The first kappa shape index (κ1) is 10.1. The van der Waals surface area contributed by atoms with E-state index in [1.807, 2.05) is 0 Å². The summed E-state index contributed by atoms with van der Waals surface area (Å²) in [7, 11) is 0. The van der Waals surface area contributed by atoms with Gasteiger partial charge in [-0.15, -0.1) is 0 Å². The van der Waals surface area contributed by atoms with Crippen molar-refractivity contribution in [2.45, 2.75) is 31.8 Å². The molecule has 2 atom stereocenters. The topological polar surface area (TPSA) is 38.0 Å². The summed E-state index contributed by atoms with van der Waals surface area (Å²) in [6, 6.07) is 2.61. The van der Waals surface area contributed by atoms with E-state index in [1.54, 1.807) is 11.3 Å². The van der Waals surface area contributed by atoms with Crippen LogP contribution in [0.2, 0.25) is 0 Å². The zero-order valence-corrected chi connectivity index (χ0v) is 9.22. The maximum Gasteiger partial charge on any atom is 0.0213 e. The molecule has 0 radical (unpaired) electrons. The maximum atomic E-state index is 6.00. The molecule has 2 rings (SSSR count). The van der Waals surface area contributed by atoms with Gasteiger partial charge in [0.25, 0.3) is 0 Å². The van der Waals surface area contributed by atoms with Gasteiger partial charge >= 0.3 is 0 Å². The zero-order valence-electron chi connectivity index (χ0n) is 8.41. The van der Waals surface area contributed by atoms with Crippen LogP contribution in [0.25, 0.3) is 0 Å². The lowest BCUT2D eigenvalue weighted by Gasteiger charge is -2.15. The highest BCUT2D eigenvalue weighted by atomic mass is 32.1. The van der Waals surface area contributed by atoms with Crippen molar-refractivity contribution in [1.29, 1.82) is 0 Å². The quantitative estimate of drug-likeness (QED) is 0.797. The van der Waals surface area contributed by atoms with Crippen LogP contribution in [-0.2, 0) is 6.54 Å². The van der Waals surface area contributed by atoms with Crippen molar-refractivity contribution in [3.8, 4) is 0 Å². The fourth-order valence-electron chi connectivity index (χ4n) is 2.11. The third kappa shape index (κ3) is 2.56. The number of rotatable bonds is 4. The van der Waals surface area contributed by atoms with E-state index in [4.69, 9.17) is 5.73 Å². The first-order valence-electron chi connectivity index (χ1n) is 5.33. The molecule has 0 saturated heterocycles. The highest BCUT2D eigenvalue weighted by molar-refractivity contribution is 7.07. The van der Waals surface area contributed by atoms with Gasteiger partial charge in [0.2, 0.25) is 0 Å². The second-order valence-electron chi connectivity index (χ2n) is 4.12. The molecular weight excluding hydrogens is 192 g/mol. The molecule has 14 heavy (non-hydrogen) atoms. The molecule has 0 amide bonds. The molecule has 1 fully saturated rings. The third-order valence-corrected chi connectivity index (χ3v) is 3.77. The van der Waals surface area contributed by atoms with E-state index in [9.17, 15) is 0 Å². The average Bonchev–Trinajstić information content (AvgIpc) is 2.78. The molecule has 1 aliphatic rings. The minimum Gasteiger partial charge on any atom is -0.327 e. The number of nitrogens with one attached hydrogen (secondary N) is 1. The highest BCUT2D eigenvalue weighted by Gasteiger charge is 2.22. The summed E-state index contributed by atoms with van der Waals surface area (Å²) < 4.78 is 0. The largest absolute Gasteiger partial charge is 0.327 e. The fraction of sp³-hybridized carbons (Fsp3) is 0.636. The average molecular weight is 210 g/mol. The summed E-state index contributed by atoms with van der Waals surface area (Å²) in [6.45, 7) is 2.07. The Kier molecular flexibility index (Phi) is 3.56. The van der Waals surface area contributed by atoms with Crippen LogP contribution in [-0.4, -0.2) is 12.6 Å². The first-order valence-corrected chi connectivity index (χ1v) is 6.28. The second kappa shape index (κ2) is 4.91. The van der Waals surface area contributed by atoms with Gasteiger partial charge in [0.15, 0.2) is 0 Å². The minimum atomic E-state index is 0.435. The van der Waals surface area contributed by atoms with E-state index in [0.717, 1.165) is 13.1 Å². The molecule has 0 spiro atoms. The molecule has 0 aromatic carbocycles. The fourth-order valence-corrected chi connectivity index (χ4v) is 2.78. The Morgan fingerprint density at radius 3 is 3.07 bits per heavy atom. The van der Waals surface area contributed by atoms with E-state index < -0.39 is 0 Å². The van der Waals surface area contributed by atoms with Crippen molar-refractivity contribution in [3.63, 3.8) is 0 Å². The van der Waals surface area contributed by atoms with Crippen molar-refractivity contribution in [3.05, 3.63) is 22.4 Å². The molecule has 0 aliphatic heterocycles. The molecule has 1 heterocycles. The summed E-state index contributed by atoms with van der Waals surface area (Å²) in [5.74, 6) is 0.702. The lowest BCUT2D eigenvalue weighted by atomic mass is 10.0. The van der Waals surface area contributed by atoms with Crippen LogP contribution in [0.5, 0.6) is 0 Å². The van der Waals surface area contributed by atoms with Crippen molar-refractivity contribution in [1.82, 2.24) is 5.32 Å². The van der Waals surface area contributed by atoms with Gasteiger partial charge in [0, 0.05) is 12.6 Å². The standard InChI is InChI=1S/C11H18N2S/c12-11-3-1-2-10(11)7-13-6-9-4-5-14-8-9/h4-5,8,10-11,13H,1-3,6-7,12H2. The van der Waals surface area contributed by atoms with Gasteiger partial charge in [-0.2, -0.15) is 11.3 Å². The molecule has 1 aromatic rings. The summed E-state index contributed by atoms with van der Waals surface area (Å²) >= 11 is 1.76. The molecule has 78 valence electrons. The summed E-state index contributed by atoms with van der Waals surface area (Å²) in [5, 5.41) is 7.81. The van der Waals surface area contributed by atoms with Gasteiger partial charge in [0.05, 0.1) is 0 Å². The van der Waals surface area contributed by atoms with Gasteiger partial charge < -0.3 is 11.1 Å². The highest BCUT2D eigenvalue weighted by Crippen LogP contribution is 2.23. The van der Waals surface area contributed by atoms with Crippen molar-refractivity contribution >= 4 is 11.3 Å². The monoisotopic (exact) mass is 210 g/mol. The number of hydrogen-bond donors (Lipinski definition) is 2. The SMILES string of the molecule is NC1CCCC1CNCc1ccsc1. The molecule has 2 unspecified atom stereocenters. The van der Waals surface area contributed by atoms with Crippen LogP contribution in [0.15, 0.2) is 16.8 Å². The van der Waals surface area contributed by atoms with Gasteiger partial charge in [-0.3, -0.25) is 0 Å². The molecule has 1 saturated carbocycles. The minimum absolute atomic E-state index is 0.435. The summed E-state index contributed by atoms with van der Waals surface area (Å²) in [4.78, 5) is 0. The van der Waals surface area contributed by atoms with E-state index >= 15 is 0 Å². The molecule has 2 nitrogen and oxygen atoms in total. The lowest BCUT2D eigenvalue weighted by molar-refractivity contribution is 0.442. The molecule has 3 N–H and O–H groups in total. The number of thiophene rings is 1. The van der Waals surface area contributed by atoms with Crippen LogP contribution in [0, 0.1) is 5.92 Å². The van der Waals surface area contributed by atoms with E-state index in [1.165, 1.54) is 24.8 Å². The first-order chi connectivity index (χ1) is 6.86. The number of hydrogen-bond acceptors (Lipinski definition) is 3. The van der Waals surface area contributed by atoms with Gasteiger partial charge in [-0.1, -0.05) is 6.42 Å². The number of nitrogens with two attached hydrogens (primary N) is 1. The van der Waals surface area contributed by atoms with Crippen LogP contribution in [0.1, 0.15) is 24.8 Å². The lowest BCUT2D eigenvalue weighted by Crippen LogP contribution is -2.32. The smallest absolute Gasteiger partial charge is 0.0213 e. The Morgan fingerprint density at radius 1 is 1.50 bits per heavy atom. The van der Waals surface area contributed by atoms with Crippen LogP contribution in [0.3, 0.4) is 0 Å². The Balaban J connectivity index is 1.68. The Morgan fingerprint density at radius 2 is 2.43 bits per heavy atom. The predicted octanol–water partition coefficient (Wildman–Crippen LogP) is 1.97. The van der Waals surface area contributed by atoms with E-state index in [2.05, 4.69) is 22.1 Å². The van der Waals surface area contributed by atoms with Crippen LogP contribution < -0.4 is 11.1 Å². The van der Waals surface area contributed by atoms with Crippen LogP contribution in [0.4, 0.5) is 0 Å². The second-order valence-corrected chi connectivity index (χ2v) is 4.90. The Bertz CT molecular complexity index is 258. The Labute approximate surface area is 89.5 Å². The van der Waals surface area contributed by atoms with Gasteiger partial charge in [-0.25, -0.2) is 0 Å². The van der Waals surface area contributed by atoms with Crippen molar-refractivity contribution in [2.24, 2.45) is 11.7 Å². The van der Waals surface area contributed by atoms with E-state index in [0.29, 0.717) is 12.0 Å². The van der Waals surface area contributed by atoms with Crippen molar-refractivity contribution < 1.29 is 0 Å². The van der Waals surface area contributed by atoms with Gasteiger partial charge in [-0.05, 0) is 47.7 Å². The molecular formula is C11H18N2S. The summed E-state index contributed by atoms with van der Waals surface area (Å²) in [5.41, 5.74) is 7.39. The Hall–Kier alpha value is -0.380. The van der Waals surface area contributed by atoms with Crippen LogP contribution >= 0.6 is 11.3 Å². The zero-order chi connectivity index (χ0) is 9.80. The predicted molar refractivity (Wildman–Crippen MR) is 61.3 cm³/mol.